The molecule has 27 heavy (non-hydrogen) atoms. The Bertz CT molecular complexity index is 686. The fraction of sp³-hybridized carbons (Fsp3) is 0.556. The summed E-state index contributed by atoms with van der Waals surface area (Å²) in [6, 6.07) is 4.17. The molecule has 9 nitrogen and oxygen atoms in total. The van der Waals surface area contributed by atoms with Gasteiger partial charge in [0.1, 0.15) is 0 Å². The number of benzene rings is 1. The predicted molar refractivity (Wildman–Crippen MR) is 103 cm³/mol. The summed E-state index contributed by atoms with van der Waals surface area (Å²) in [5.74, 6) is -0.309. The number of amides is 2. The van der Waals surface area contributed by atoms with Crippen molar-refractivity contribution in [2.45, 2.75) is 32.2 Å². The van der Waals surface area contributed by atoms with Crippen LogP contribution in [0.2, 0.25) is 0 Å². The highest BCUT2D eigenvalue weighted by Gasteiger charge is 2.24. The van der Waals surface area contributed by atoms with Crippen molar-refractivity contribution in [1.82, 2.24) is 15.5 Å². The number of carbonyl (C=O) groups is 2. The van der Waals surface area contributed by atoms with E-state index in [9.17, 15) is 19.7 Å². The molecule has 1 heterocycles. The topological polar surface area (TPSA) is 117 Å². The van der Waals surface area contributed by atoms with E-state index in [1.54, 1.807) is 7.05 Å². The van der Waals surface area contributed by atoms with Crippen molar-refractivity contribution in [1.29, 1.82) is 0 Å². The Morgan fingerprint density at radius 3 is 2.59 bits per heavy atom. The van der Waals surface area contributed by atoms with E-state index in [2.05, 4.69) is 20.9 Å². The minimum Gasteiger partial charge on any atom is -0.387 e. The van der Waals surface area contributed by atoms with Crippen LogP contribution < -0.4 is 16.0 Å². The molecule has 0 saturated carbocycles. The van der Waals surface area contributed by atoms with E-state index >= 15 is 0 Å². The quantitative estimate of drug-likeness (QED) is 0.465. The third-order valence-corrected chi connectivity index (χ3v) is 4.59. The maximum atomic E-state index is 12.6. The van der Waals surface area contributed by atoms with Crippen molar-refractivity contribution >= 4 is 23.2 Å². The third kappa shape index (κ3) is 5.92. The maximum absolute atomic E-state index is 12.6. The Kier molecular flexibility index (Phi) is 7.54. The number of nitro benzene ring substituents is 1. The second kappa shape index (κ2) is 9.86. The highest BCUT2D eigenvalue weighted by Crippen LogP contribution is 2.22. The molecule has 0 radical (unpaired) electrons. The maximum Gasteiger partial charge on any atom is 0.270 e. The van der Waals surface area contributed by atoms with Gasteiger partial charge in [0.15, 0.2) is 0 Å². The molecule has 9 heteroatoms. The van der Waals surface area contributed by atoms with E-state index in [1.165, 1.54) is 18.2 Å². The molecule has 1 aliphatic rings. The number of nitrogens with zero attached hydrogens (tertiary/aromatic N) is 2. The van der Waals surface area contributed by atoms with Crippen LogP contribution in [0.4, 0.5) is 11.4 Å². The number of nitrogens with one attached hydrogen (secondary N) is 3. The Morgan fingerprint density at radius 2 is 2.00 bits per heavy atom. The number of nitro groups is 1. The molecule has 0 atom stereocenters. The number of hydrogen-bond acceptors (Lipinski definition) is 6. The van der Waals surface area contributed by atoms with Gasteiger partial charge in [-0.1, -0.05) is 6.92 Å². The number of anilines is 1. The molecule has 1 aromatic rings. The van der Waals surface area contributed by atoms with Crippen LogP contribution in [0.1, 0.15) is 36.5 Å². The van der Waals surface area contributed by atoms with Crippen LogP contribution in [0.15, 0.2) is 18.2 Å². The molecule has 1 fully saturated rings. The monoisotopic (exact) mass is 377 g/mol. The highest BCUT2D eigenvalue weighted by molar-refractivity contribution is 6.00. The van der Waals surface area contributed by atoms with Crippen molar-refractivity contribution in [3.8, 4) is 0 Å². The molecule has 2 rings (SSSR count). The first kappa shape index (κ1) is 20.6. The minimum absolute atomic E-state index is 0.0172. The molecular weight excluding hydrogens is 350 g/mol. The average molecular weight is 377 g/mol. The average Bonchev–Trinajstić information content (AvgIpc) is 2.67. The second-order valence-corrected chi connectivity index (χ2v) is 6.61. The zero-order valence-corrected chi connectivity index (χ0v) is 15.8. The normalized spacial score (nSPS) is 15.2. The van der Waals surface area contributed by atoms with Crippen LogP contribution in [-0.2, 0) is 4.79 Å². The van der Waals surface area contributed by atoms with E-state index in [1.807, 2.05) is 6.92 Å². The number of hydrogen-bond donors (Lipinski definition) is 3. The Hall–Kier alpha value is -2.68. The summed E-state index contributed by atoms with van der Waals surface area (Å²) in [7, 11) is 1.67. The fourth-order valence-electron chi connectivity index (χ4n) is 3.07. The van der Waals surface area contributed by atoms with Gasteiger partial charge in [0.2, 0.25) is 5.91 Å². The smallest absolute Gasteiger partial charge is 0.270 e. The summed E-state index contributed by atoms with van der Waals surface area (Å²) in [5, 5.41) is 19.7. The van der Waals surface area contributed by atoms with Gasteiger partial charge < -0.3 is 16.0 Å². The Morgan fingerprint density at radius 1 is 1.30 bits per heavy atom. The lowest BCUT2D eigenvalue weighted by molar-refractivity contribution is -0.384. The predicted octanol–water partition coefficient (Wildman–Crippen LogP) is 1.36. The van der Waals surface area contributed by atoms with Crippen LogP contribution in [-0.4, -0.2) is 60.9 Å². The number of likely N-dealkylation sites (tertiary alicyclic amines) is 1. The van der Waals surface area contributed by atoms with Gasteiger partial charge in [-0.15, -0.1) is 0 Å². The summed E-state index contributed by atoms with van der Waals surface area (Å²) in [4.78, 5) is 36.9. The first-order valence-corrected chi connectivity index (χ1v) is 9.20. The van der Waals surface area contributed by atoms with Gasteiger partial charge in [-0.05, 0) is 25.3 Å². The molecule has 1 aromatic carbocycles. The van der Waals surface area contributed by atoms with Gasteiger partial charge in [-0.25, -0.2) is 0 Å². The van der Waals surface area contributed by atoms with Crippen LogP contribution in [0, 0.1) is 10.1 Å². The lowest BCUT2D eigenvalue weighted by atomic mass is 10.0. The van der Waals surface area contributed by atoms with Gasteiger partial charge in [0.05, 0.1) is 17.0 Å². The van der Waals surface area contributed by atoms with Gasteiger partial charge >= 0.3 is 0 Å². The minimum atomic E-state index is -0.516. The summed E-state index contributed by atoms with van der Waals surface area (Å²) in [6.45, 7) is 4.50. The largest absolute Gasteiger partial charge is 0.387 e. The fourth-order valence-corrected chi connectivity index (χ4v) is 3.07. The zero-order valence-electron chi connectivity index (χ0n) is 15.8. The lowest BCUT2D eigenvalue weighted by Gasteiger charge is -2.32. The molecule has 3 N–H and O–H groups in total. The van der Waals surface area contributed by atoms with Crippen molar-refractivity contribution < 1.29 is 14.5 Å². The summed E-state index contributed by atoms with van der Waals surface area (Å²) in [6.07, 6.45) is 2.37. The van der Waals surface area contributed by atoms with Crippen LogP contribution in [0.5, 0.6) is 0 Å². The van der Waals surface area contributed by atoms with Gasteiger partial charge in [0, 0.05) is 50.5 Å². The molecule has 0 unspecified atom stereocenters. The van der Waals surface area contributed by atoms with Gasteiger partial charge in [-0.3, -0.25) is 24.6 Å². The summed E-state index contributed by atoms with van der Waals surface area (Å²) in [5.41, 5.74) is 0.684. The van der Waals surface area contributed by atoms with Crippen LogP contribution in [0.3, 0.4) is 0 Å². The first-order chi connectivity index (χ1) is 12.9. The van der Waals surface area contributed by atoms with Crippen molar-refractivity contribution in [3.63, 3.8) is 0 Å². The number of rotatable bonds is 8. The molecule has 1 aliphatic heterocycles. The Labute approximate surface area is 158 Å². The van der Waals surface area contributed by atoms with Crippen molar-refractivity contribution in [3.05, 3.63) is 33.9 Å². The molecule has 0 spiro atoms. The molecule has 0 aromatic heterocycles. The standard InChI is InChI=1S/C18H27N5O4/c1-3-8-20-17(24)12-22-9-6-13(7-10-22)21-18(25)15-11-14(23(26)27)4-5-16(15)19-2/h4-5,11,13,19H,3,6-10,12H2,1-2H3,(H,20,24)(H,21,25). The first-order valence-electron chi connectivity index (χ1n) is 9.20. The molecule has 2 amide bonds. The Balaban J connectivity index is 1.90. The number of piperidine rings is 1. The highest BCUT2D eigenvalue weighted by atomic mass is 16.6. The van der Waals surface area contributed by atoms with Crippen molar-refractivity contribution in [2.24, 2.45) is 0 Å². The lowest BCUT2D eigenvalue weighted by Crippen LogP contribution is -2.47. The summed E-state index contributed by atoms with van der Waals surface area (Å²) >= 11 is 0. The zero-order chi connectivity index (χ0) is 19.8. The van der Waals surface area contributed by atoms with Crippen molar-refractivity contribution in [2.75, 3.05) is 38.5 Å². The third-order valence-electron chi connectivity index (χ3n) is 4.59. The van der Waals surface area contributed by atoms with Crippen LogP contribution >= 0.6 is 0 Å². The van der Waals surface area contributed by atoms with E-state index in [0.29, 0.717) is 18.8 Å². The number of carbonyl (C=O) groups excluding carboxylic acids is 2. The van der Waals surface area contributed by atoms with Gasteiger partial charge in [-0.2, -0.15) is 0 Å². The van der Waals surface area contributed by atoms with Gasteiger partial charge in [0.25, 0.3) is 11.6 Å². The van der Waals surface area contributed by atoms with E-state index < -0.39 is 4.92 Å². The van der Waals surface area contributed by atoms with Crippen LogP contribution in [0.25, 0.3) is 0 Å². The molecule has 0 aliphatic carbocycles. The van der Waals surface area contributed by atoms with E-state index in [-0.39, 0.29) is 29.1 Å². The SMILES string of the molecule is CCCNC(=O)CN1CCC(NC(=O)c2cc([N+](=O)[O-])ccc2NC)CC1. The molecular formula is C18H27N5O4. The molecule has 148 valence electrons. The van der Waals surface area contributed by atoms with E-state index in [4.69, 9.17) is 0 Å². The van der Waals surface area contributed by atoms with E-state index in [0.717, 1.165) is 32.4 Å². The molecule has 1 saturated heterocycles. The molecule has 0 bridgehead atoms. The second-order valence-electron chi connectivity index (χ2n) is 6.61. The summed E-state index contributed by atoms with van der Waals surface area (Å²) < 4.78 is 0. The number of non-ortho nitro benzene ring substituents is 1.